The van der Waals surface area contributed by atoms with Crippen molar-refractivity contribution in [2.45, 2.75) is 12.2 Å². The Labute approximate surface area is 94.0 Å². The molecule has 88 valence electrons. The predicted octanol–water partition coefficient (Wildman–Crippen LogP) is -2.20. The smallest absolute Gasteiger partial charge is 0.343 e. The van der Waals surface area contributed by atoms with E-state index in [0.29, 0.717) is 0 Å². The molecule has 0 radical (unpaired) electrons. The zero-order chi connectivity index (χ0) is 12.7. The van der Waals surface area contributed by atoms with Gasteiger partial charge in [-0.25, -0.2) is 4.79 Å². The Morgan fingerprint density at radius 3 is 2.18 bits per heavy atom. The second kappa shape index (κ2) is 3.72. The lowest BCUT2D eigenvalue weighted by atomic mass is 9.94. The molecular weight excluding hydrogens is 232 g/mol. The summed E-state index contributed by atoms with van der Waals surface area (Å²) in [7, 11) is 0. The molecule has 7 heteroatoms. The number of aliphatic hydroxyl groups excluding tert-OH is 2. The highest BCUT2D eigenvalue weighted by Crippen LogP contribution is 2.23. The molecule has 2 aliphatic rings. The van der Waals surface area contributed by atoms with Gasteiger partial charge in [-0.1, -0.05) is 0 Å². The van der Waals surface area contributed by atoms with E-state index in [1.807, 2.05) is 0 Å². The number of allylic oxidation sites excluding steroid dienone is 2. The van der Waals surface area contributed by atoms with Gasteiger partial charge in [-0.3, -0.25) is 14.4 Å². The normalized spacial score (nSPS) is 29.1. The zero-order valence-corrected chi connectivity index (χ0v) is 8.25. The van der Waals surface area contributed by atoms with Gasteiger partial charge < -0.3 is 14.9 Å². The molecule has 0 aromatic rings. The van der Waals surface area contributed by atoms with Crippen LogP contribution in [0.1, 0.15) is 0 Å². The van der Waals surface area contributed by atoms with Gasteiger partial charge in [0.1, 0.15) is 5.57 Å². The molecule has 2 atom stereocenters. The van der Waals surface area contributed by atoms with Crippen LogP contribution in [0.15, 0.2) is 23.5 Å². The van der Waals surface area contributed by atoms with Crippen molar-refractivity contribution in [1.29, 1.82) is 0 Å². The number of ether oxygens (including phenoxy) is 1. The fourth-order valence-electron chi connectivity index (χ4n) is 1.46. The second-order valence-electron chi connectivity index (χ2n) is 3.44. The summed E-state index contributed by atoms with van der Waals surface area (Å²) in [6.07, 6.45) is -2.56. The van der Waals surface area contributed by atoms with Crippen molar-refractivity contribution in [2.75, 3.05) is 0 Å². The van der Waals surface area contributed by atoms with Crippen LogP contribution in [0, 0.1) is 0 Å². The fraction of sp³-hybridized carbons (Fsp3) is 0.200. The minimum absolute atomic E-state index is 0.713. The highest BCUT2D eigenvalue weighted by atomic mass is 16.6. The van der Waals surface area contributed by atoms with Crippen LogP contribution < -0.4 is 0 Å². The summed E-state index contributed by atoms with van der Waals surface area (Å²) >= 11 is 0. The molecule has 0 bridgehead atoms. The minimum atomic E-state index is -2.12. The van der Waals surface area contributed by atoms with Gasteiger partial charge in [0.25, 0.3) is 0 Å². The van der Waals surface area contributed by atoms with Gasteiger partial charge in [0.05, 0.1) is 0 Å². The number of carbonyl (C=O) groups is 4. The van der Waals surface area contributed by atoms with Crippen LogP contribution >= 0.6 is 0 Å². The number of hydrogen-bond acceptors (Lipinski definition) is 7. The van der Waals surface area contributed by atoms with Crippen molar-refractivity contribution < 1.29 is 34.1 Å². The van der Waals surface area contributed by atoms with Crippen molar-refractivity contribution in [3.63, 3.8) is 0 Å². The van der Waals surface area contributed by atoms with Crippen molar-refractivity contribution in [3.05, 3.63) is 23.5 Å². The summed E-state index contributed by atoms with van der Waals surface area (Å²) in [5.41, 5.74) is -0.713. The lowest BCUT2D eigenvalue weighted by Crippen LogP contribution is -2.39. The monoisotopic (exact) mass is 238 g/mol. The fourth-order valence-corrected chi connectivity index (χ4v) is 1.46. The summed E-state index contributed by atoms with van der Waals surface area (Å²) in [5.74, 6) is -5.01. The van der Waals surface area contributed by atoms with Gasteiger partial charge in [-0.15, -0.1) is 0 Å². The SMILES string of the molecule is O=C1C=CC(=O)C2=C1OC(=O)C(O)C(O)C2=O. The number of esters is 1. The molecule has 0 amide bonds. The van der Waals surface area contributed by atoms with Crippen molar-refractivity contribution in [2.24, 2.45) is 0 Å². The highest BCUT2D eigenvalue weighted by molar-refractivity contribution is 6.33. The number of hydrogen-bond donors (Lipinski definition) is 2. The van der Waals surface area contributed by atoms with Crippen molar-refractivity contribution >= 4 is 23.3 Å². The molecule has 1 heterocycles. The molecule has 1 aliphatic carbocycles. The van der Waals surface area contributed by atoms with E-state index in [2.05, 4.69) is 4.74 Å². The molecule has 2 unspecified atom stereocenters. The molecule has 0 aromatic heterocycles. The van der Waals surface area contributed by atoms with Crippen LogP contribution in [0.2, 0.25) is 0 Å². The van der Waals surface area contributed by atoms with Gasteiger partial charge in [0.2, 0.25) is 11.6 Å². The lowest BCUT2D eigenvalue weighted by Gasteiger charge is -2.10. The molecule has 0 saturated carbocycles. The van der Waals surface area contributed by atoms with Crippen LogP contribution in [0.5, 0.6) is 0 Å². The first-order chi connectivity index (χ1) is 7.93. The maximum Gasteiger partial charge on any atom is 0.343 e. The van der Waals surface area contributed by atoms with E-state index in [4.69, 9.17) is 0 Å². The molecule has 2 N–H and O–H groups in total. The second-order valence-corrected chi connectivity index (χ2v) is 3.44. The minimum Gasteiger partial charge on any atom is -0.419 e. The van der Waals surface area contributed by atoms with Crippen LogP contribution in [-0.4, -0.2) is 45.7 Å². The van der Waals surface area contributed by atoms with Gasteiger partial charge in [0.15, 0.2) is 23.8 Å². The van der Waals surface area contributed by atoms with Crippen molar-refractivity contribution in [3.8, 4) is 0 Å². The molecule has 0 saturated heterocycles. The Morgan fingerprint density at radius 1 is 0.941 bits per heavy atom. The van der Waals surface area contributed by atoms with Crippen molar-refractivity contribution in [1.82, 2.24) is 0 Å². The Kier molecular flexibility index (Phi) is 2.49. The standard InChI is InChI=1S/C10H6O7/c11-3-1-2-4(12)9-5(3)6(13)7(14)8(15)10(16)17-9/h1-2,7-8,14-15H. The predicted molar refractivity (Wildman–Crippen MR) is 49.3 cm³/mol. The number of rotatable bonds is 0. The largest absolute Gasteiger partial charge is 0.419 e. The first kappa shape index (κ1) is 11.4. The maximum absolute atomic E-state index is 11.6. The molecule has 7 nitrogen and oxygen atoms in total. The summed E-state index contributed by atoms with van der Waals surface area (Å²) < 4.78 is 4.44. The summed E-state index contributed by atoms with van der Waals surface area (Å²) in [4.78, 5) is 45.5. The number of ketones is 3. The number of Topliss-reactive ketones (excluding diaryl/α,β-unsaturated/α-hetero) is 1. The summed E-state index contributed by atoms with van der Waals surface area (Å²) in [5, 5.41) is 18.5. The third kappa shape index (κ3) is 1.61. The summed E-state index contributed by atoms with van der Waals surface area (Å²) in [6.45, 7) is 0. The van der Waals surface area contributed by atoms with Crippen LogP contribution in [-0.2, 0) is 23.9 Å². The first-order valence-electron chi connectivity index (χ1n) is 4.56. The molecular formula is C10H6O7. The van der Waals surface area contributed by atoms with Gasteiger partial charge >= 0.3 is 5.97 Å². The van der Waals surface area contributed by atoms with Gasteiger partial charge in [-0.2, -0.15) is 0 Å². The average Bonchev–Trinajstić information content (AvgIpc) is 2.38. The molecule has 17 heavy (non-hydrogen) atoms. The van der Waals surface area contributed by atoms with E-state index in [1.165, 1.54) is 0 Å². The quantitative estimate of drug-likeness (QED) is 0.279. The Balaban J connectivity index is 2.58. The molecule has 1 aliphatic heterocycles. The van der Waals surface area contributed by atoms with Crippen LogP contribution in [0.3, 0.4) is 0 Å². The molecule has 0 spiro atoms. The zero-order valence-electron chi connectivity index (χ0n) is 8.25. The number of aliphatic hydroxyl groups is 2. The average molecular weight is 238 g/mol. The third-order valence-corrected chi connectivity index (χ3v) is 2.34. The summed E-state index contributed by atoms with van der Waals surface area (Å²) in [6, 6.07) is 0. The van der Waals surface area contributed by atoms with E-state index in [0.717, 1.165) is 12.2 Å². The van der Waals surface area contributed by atoms with E-state index in [-0.39, 0.29) is 0 Å². The van der Waals surface area contributed by atoms with E-state index in [1.54, 1.807) is 0 Å². The maximum atomic E-state index is 11.6. The third-order valence-electron chi connectivity index (χ3n) is 2.34. The molecule has 0 fully saturated rings. The molecule has 0 aromatic carbocycles. The van der Waals surface area contributed by atoms with Gasteiger partial charge in [-0.05, 0) is 12.2 Å². The van der Waals surface area contributed by atoms with E-state index in [9.17, 15) is 29.4 Å². The van der Waals surface area contributed by atoms with E-state index < -0.39 is 46.9 Å². The first-order valence-corrected chi connectivity index (χ1v) is 4.56. The van der Waals surface area contributed by atoms with E-state index >= 15 is 0 Å². The Hall–Kier alpha value is -2.12. The van der Waals surface area contributed by atoms with Gasteiger partial charge in [0, 0.05) is 0 Å². The Bertz CT molecular complexity index is 511. The highest BCUT2D eigenvalue weighted by Gasteiger charge is 2.43. The lowest BCUT2D eigenvalue weighted by molar-refractivity contribution is -0.157. The van der Waals surface area contributed by atoms with Crippen LogP contribution in [0.25, 0.3) is 0 Å². The molecule has 2 rings (SSSR count). The topological polar surface area (TPSA) is 118 Å². The number of carbonyl (C=O) groups excluding carboxylic acids is 4. The van der Waals surface area contributed by atoms with Crippen LogP contribution in [0.4, 0.5) is 0 Å². The Morgan fingerprint density at radius 2 is 1.53 bits per heavy atom.